The lowest BCUT2D eigenvalue weighted by molar-refractivity contribution is 0.219. The van der Waals surface area contributed by atoms with Crippen molar-refractivity contribution in [2.75, 3.05) is 12.4 Å². The van der Waals surface area contributed by atoms with Gasteiger partial charge in [-0.2, -0.15) is 0 Å². The standard InChI is InChI=1S/C16H21N3O2S/c1-11(2)22-15-8-6-5-7-14(15)17-16(20)19(4)10-13-9-12(3)21-18-13/h5-9,11H,10H2,1-4H3,(H,17,20). The second kappa shape index (κ2) is 7.35. The van der Waals surface area contributed by atoms with Crippen molar-refractivity contribution in [2.45, 2.75) is 37.5 Å². The molecule has 0 fully saturated rings. The Hall–Kier alpha value is -1.95. The fourth-order valence-corrected chi connectivity index (χ4v) is 2.86. The van der Waals surface area contributed by atoms with Crippen LogP contribution >= 0.6 is 11.8 Å². The summed E-state index contributed by atoms with van der Waals surface area (Å²) in [4.78, 5) is 15.0. The van der Waals surface area contributed by atoms with Gasteiger partial charge in [-0.3, -0.25) is 0 Å². The fourth-order valence-electron chi connectivity index (χ4n) is 1.94. The molecule has 2 rings (SSSR count). The predicted molar refractivity (Wildman–Crippen MR) is 89.2 cm³/mol. The Labute approximate surface area is 135 Å². The first-order chi connectivity index (χ1) is 10.5. The molecule has 0 unspecified atom stereocenters. The molecule has 0 atom stereocenters. The van der Waals surface area contributed by atoms with Gasteiger partial charge in [0.15, 0.2) is 0 Å². The Morgan fingerprint density at radius 1 is 1.41 bits per heavy atom. The van der Waals surface area contributed by atoms with Gasteiger partial charge in [0.25, 0.3) is 0 Å². The molecule has 22 heavy (non-hydrogen) atoms. The van der Waals surface area contributed by atoms with Crippen LogP contribution in [0, 0.1) is 6.92 Å². The number of anilines is 1. The summed E-state index contributed by atoms with van der Waals surface area (Å²) in [6.45, 7) is 6.49. The van der Waals surface area contributed by atoms with Crippen molar-refractivity contribution < 1.29 is 9.32 Å². The molecule has 0 saturated carbocycles. The zero-order chi connectivity index (χ0) is 16.1. The minimum Gasteiger partial charge on any atom is -0.361 e. The van der Waals surface area contributed by atoms with Crippen LogP contribution in [0.25, 0.3) is 0 Å². The smallest absolute Gasteiger partial charge is 0.321 e. The maximum Gasteiger partial charge on any atom is 0.321 e. The van der Waals surface area contributed by atoms with E-state index in [1.165, 1.54) is 0 Å². The molecule has 0 aliphatic heterocycles. The highest BCUT2D eigenvalue weighted by Crippen LogP contribution is 2.30. The minimum atomic E-state index is -0.169. The molecule has 6 heteroatoms. The van der Waals surface area contributed by atoms with E-state index in [1.54, 1.807) is 23.7 Å². The number of nitrogens with zero attached hydrogens (tertiary/aromatic N) is 2. The minimum absolute atomic E-state index is 0.169. The molecule has 0 spiro atoms. The van der Waals surface area contributed by atoms with E-state index >= 15 is 0 Å². The van der Waals surface area contributed by atoms with Gasteiger partial charge < -0.3 is 14.7 Å². The first kappa shape index (κ1) is 16.4. The van der Waals surface area contributed by atoms with Crippen LogP contribution in [0.1, 0.15) is 25.3 Å². The zero-order valence-corrected chi connectivity index (χ0v) is 14.1. The lowest BCUT2D eigenvalue weighted by Gasteiger charge is -2.18. The van der Waals surface area contributed by atoms with E-state index in [1.807, 2.05) is 37.3 Å². The summed E-state index contributed by atoms with van der Waals surface area (Å²) in [5.74, 6) is 0.738. The van der Waals surface area contributed by atoms with Crippen LogP contribution in [0.15, 0.2) is 39.8 Å². The van der Waals surface area contributed by atoms with Crippen molar-refractivity contribution in [1.82, 2.24) is 10.1 Å². The maximum absolute atomic E-state index is 12.3. The summed E-state index contributed by atoms with van der Waals surface area (Å²) >= 11 is 1.73. The summed E-state index contributed by atoms with van der Waals surface area (Å²) in [6, 6.07) is 9.48. The maximum atomic E-state index is 12.3. The number of benzene rings is 1. The Kier molecular flexibility index (Phi) is 5.49. The number of urea groups is 1. The lowest BCUT2D eigenvalue weighted by Crippen LogP contribution is -2.31. The van der Waals surface area contributed by atoms with Crippen molar-refractivity contribution in [3.8, 4) is 0 Å². The molecule has 1 aromatic carbocycles. The molecule has 1 N–H and O–H groups in total. The van der Waals surface area contributed by atoms with Crippen molar-refractivity contribution >= 4 is 23.5 Å². The first-order valence-electron chi connectivity index (χ1n) is 7.15. The topological polar surface area (TPSA) is 58.4 Å². The summed E-state index contributed by atoms with van der Waals surface area (Å²) in [7, 11) is 1.73. The van der Waals surface area contributed by atoms with Gasteiger partial charge in [-0.1, -0.05) is 31.1 Å². The molecule has 1 aromatic heterocycles. The van der Waals surface area contributed by atoms with Gasteiger partial charge in [0.1, 0.15) is 11.5 Å². The molecule has 118 valence electrons. The highest BCUT2D eigenvalue weighted by molar-refractivity contribution is 8.00. The number of para-hydroxylation sites is 1. The number of aryl methyl sites for hydroxylation is 1. The van der Waals surface area contributed by atoms with Gasteiger partial charge in [-0.05, 0) is 19.1 Å². The Balaban J connectivity index is 2.02. The van der Waals surface area contributed by atoms with Crippen LogP contribution in [0.3, 0.4) is 0 Å². The molecule has 1 heterocycles. The monoisotopic (exact) mass is 319 g/mol. The SMILES string of the molecule is Cc1cc(CN(C)C(=O)Nc2ccccc2SC(C)C)no1. The number of aromatic nitrogens is 1. The third kappa shape index (κ3) is 4.53. The highest BCUT2D eigenvalue weighted by atomic mass is 32.2. The van der Waals surface area contributed by atoms with Crippen molar-refractivity contribution in [2.24, 2.45) is 0 Å². The van der Waals surface area contributed by atoms with E-state index in [9.17, 15) is 4.79 Å². The Bertz CT molecular complexity index is 640. The van der Waals surface area contributed by atoms with E-state index in [0.29, 0.717) is 11.8 Å². The van der Waals surface area contributed by atoms with E-state index in [0.717, 1.165) is 22.0 Å². The molecule has 0 saturated heterocycles. The van der Waals surface area contributed by atoms with Gasteiger partial charge in [0.05, 0.1) is 12.2 Å². The number of carbonyl (C=O) groups excluding carboxylic acids is 1. The van der Waals surface area contributed by atoms with Gasteiger partial charge in [0.2, 0.25) is 0 Å². The summed E-state index contributed by atoms with van der Waals surface area (Å²) < 4.78 is 5.01. The van der Waals surface area contributed by atoms with E-state index in [2.05, 4.69) is 24.3 Å². The van der Waals surface area contributed by atoms with Crippen LogP contribution in [-0.4, -0.2) is 28.4 Å². The van der Waals surface area contributed by atoms with Crippen LogP contribution < -0.4 is 5.32 Å². The summed E-state index contributed by atoms with van der Waals surface area (Å²) in [5.41, 5.74) is 1.56. The van der Waals surface area contributed by atoms with Crippen molar-refractivity contribution in [3.05, 3.63) is 41.8 Å². The number of nitrogens with one attached hydrogen (secondary N) is 1. The summed E-state index contributed by atoms with van der Waals surface area (Å²) in [6.07, 6.45) is 0. The average molecular weight is 319 g/mol. The van der Waals surface area contributed by atoms with Gasteiger partial charge in [-0.15, -0.1) is 11.8 Å². The molecule has 0 aliphatic carbocycles. The normalized spacial score (nSPS) is 10.8. The third-order valence-electron chi connectivity index (χ3n) is 2.91. The van der Waals surface area contributed by atoms with Crippen molar-refractivity contribution in [1.29, 1.82) is 0 Å². The fraction of sp³-hybridized carbons (Fsp3) is 0.375. The molecule has 0 radical (unpaired) electrons. The van der Waals surface area contributed by atoms with Crippen LogP contribution in [0.2, 0.25) is 0 Å². The zero-order valence-electron chi connectivity index (χ0n) is 13.3. The van der Waals surface area contributed by atoms with Gasteiger partial charge in [-0.25, -0.2) is 4.79 Å². The van der Waals surface area contributed by atoms with E-state index in [4.69, 9.17) is 4.52 Å². The van der Waals surface area contributed by atoms with Gasteiger partial charge in [0, 0.05) is 23.3 Å². The molecule has 0 aliphatic rings. The van der Waals surface area contributed by atoms with Crippen LogP contribution in [0.5, 0.6) is 0 Å². The highest BCUT2D eigenvalue weighted by Gasteiger charge is 2.14. The van der Waals surface area contributed by atoms with E-state index < -0.39 is 0 Å². The van der Waals surface area contributed by atoms with Crippen molar-refractivity contribution in [3.63, 3.8) is 0 Å². The molecule has 0 bridgehead atoms. The number of hydrogen-bond donors (Lipinski definition) is 1. The number of rotatable bonds is 5. The Morgan fingerprint density at radius 3 is 2.77 bits per heavy atom. The molecule has 5 nitrogen and oxygen atoms in total. The number of carbonyl (C=O) groups is 1. The number of thioether (sulfide) groups is 1. The predicted octanol–water partition coefficient (Wildman–Crippen LogP) is 4.15. The average Bonchev–Trinajstić information content (AvgIpc) is 2.85. The molecule has 2 amide bonds. The number of hydrogen-bond acceptors (Lipinski definition) is 4. The quantitative estimate of drug-likeness (QED) is 0.841. The van der Waals surface area contributed by atoms with Crippen LogP contribution in [-0.2, 0) is 6.54 Å². The second-order valence-corrected chi connectivity index (χ2v) is 7.00. The molecular formula is C16H21N3O2S. The molecular weight excluding hydrogens is 298 g/mol. The molecule has 2 aromatic rings. The largest absolute Gasteiger partial charge is 0.361 e. The van der Waals surface area contributed by atoms with Crippen LogP contribution in [0.4, 0.5) is 10.5 Å². The number of amides is 2. The van der Waals surface area contributed by atoms with E-state index in [-0.39, 0.29) is 6.03 Å². The summed E-state index contributed by atoms with van der Waals surface area (Å²) in [5, 5.41) is 7.30. The first-order valence-corrected chi connectivity index (χ1v) is 8.03. The Morgan fingerprint density at radius 2 is 2.14 bits per heavy atom. The lowest BCUT2D eigenvalue weighted by atomic mass is 10.3. The second-order valence-electron chi connectivity index (χ2n) is 5.38. The third-order valence-corrected chi connectivity index (χ3v) is 4.00. The van der Waals surface area contributed by atoms with Gasteiger partial charge >= 0.3 is 6.03 Å².